The van der Waals surface area contributed by atoms with Crippen LogP contribution in [0, 0.1) is 5.82 Å². The van der Waals surface area contributed by atoms with Crippen LogP contribution in [0.2, 0.25) is 0 Å². The average molecular weight is 469 g/mol. The molecule has 1 N–H and O–H groups in total. The first-order valence-corrected chi connectivity index (χ1v) is 11.4. The van der Waals surface area contributed by atoms with E-state index in [1.54, 1.807) is 13.1 Å². The van der Waals surface area contributed by atoms with Crippen molar-refractivity contribution in [3.8, 4) is 0 Å². The molecule has 28 heavy (non-hydrogen) atoms. The lowest BCUT2D eigenvalue weighted by molar-refractivity contribution is 0.102. The number of halogens is 2. The van der Waals surface area contributed by atoms with E-state index >= 15 is 0 Å². The molecule has 2 aromatic carbocycles. The summed E-state index contributed by atoms with van der Waals surface area (Å²) in [4.78, 5) is 12.5. The second-order valence-corrected chi connectivity index (χ2v) is 9.83. The number of nitrogens with one attached hydrogen (secondary N) is 1. The van der Waals surface area contributed by atoms with Crippen LogP contribution < -0.4 is 5.32 Å². The predicted molar refractivity (Wildman–Crippen MR) is 110 cm³/mol. The molecule has 1 fully saturated rings. The summed E-state index contributed by atoms with van der Waals surface area (Å²) in [5.41, 5.74) is 0.309. The minimum Gasteiger partial charge on any atom is -0.319 e. The second kappa shape index (κ2) is 8.71. The van der Waals surface area contributed by atoms with Crippen LogP contribution >= 0.6 is 15.9 Å². The molecule has 1 amide bonds. The zero-order valence-electron chi connectivity index (χ0n) is 15.5. The van der Waals surface area contributed by atoms with Crippen molar-refractivity contribution in [3.05, 3.63) is 58.3 Å². The molecule has 1 saturated carbocycles. The third-order valence-corrected chi connectivity index (χ3v) is 7.48. The third-order valence-electron chi connectivity index (χ3n) is 5.06. The van der Waals surface area contributed by atoms with Crippen molar-refractivity contribution in [2.24, 2.45) is 0 Å². The van der Waals surface area contributed by atoms with E-state index in [0.717, 1.165) is 32.1 Å². The highest BCUT2D eigenvalue weighted by atomic mass is 79.9. The summed E-state index contributed by atoms with van der Waals surface area (Å²) in [5, 5.41) is 2.49. The van der Waals surface area contributed by atoms with E-state index in [4.69, 9.17) is 0 Å². The van der Waals surface area contributed by atoms with E-state index in [1.165, 1.54) is 40.7 Å². The molecule has 1 aliphatic rings. The quantitative estimate of drug-likeness (QED) is 0.685. The Morgan fingerprint density at radius 2 is 1.75 bits per heavy atom. The number of rotatable bonds is 5. The van der Waals surface area contributed by atoms with Crippen molar-refractivity contribution in [1.29, 1.82) is 0 Å². The fourth-order valence-electron chi connectivity index (χ4n) is 3.37. The molecule has 0 unspecified atom stereocenters. The Morgan fingerprint density at radius 3 is 2.36 bits per heavy atom. The van der Waals surface area contributed by atoms with Crippen molar-refractivity contribution in [2.45, 2.75) is 43.0 Å². The van der Waals surface area contributed by atoms with Gasteiger partial charge in [0, 0.05) is 23.1 Å². The van der Waals surface area contributed by atoms with Crippen LogP contribution in [0.15, 0.2) is 51.8 Å². The van der Waals surface area contributed by atoms with Gasteiger partial charge in [-0.25, -0.2) is 12.8 Å². The maximum atomic E-state index is 13.9. The van der Waals surface area contributed by atoms with Crippen molar-refractivity contribution < 1.29 is 17.6 Å². The van der Waals surface area contributed by atoms with Gasteiger partial charge in [0.05, 0.1) is 10.6 Å². The molecule has 3 rings (SSSR count). The number of benzene rings is 2. The Kier molecular flexibility index (Phi) is 6.52. The zero-order chi connectivity index (χ0) is 20.3. The number of hydrogen-bond donors (Lipinski definition) is 1. The molecular weight excluding hydrogens is 447 g/mol. The van der Waals surface area contributed by atoms with E-state index in [9.17, 15) is 17.6 Å². The van der Waals surface area contributed by atoms with Crippen molar-refractivity contribution in [2.75, 3.05) is 12.4 Å². The Bertz CT molecular complexity index is 958. The van der Waals surface area contributed by atoms with Gasteiger partial charge in [0.25, 0.3) is 5.91 Å². The van der Waals surface area contributed by atoms with Gasteiger partial charge in [-0.15, -0.1) is 0 Å². The molecule has 150 valence electrons. The summed E-state index contributed by atoms with van der Waals surface area (Å²) in [6.45, 7) is 0. The highest BCUT2D eigenvalue weighted by molar-refractivity contribution is 9.10. The van der Waals surface area contributed by atoms with Gasteiger partial charge in [0.2, 0.25) is 10.0 Å². The molecule has 0 saturated heterocycles. The summed E-state index contributed by atoms with van der Waals surface area (Å²) in [6.07, 6.45) is 4.96. The third kappa shape index (κ3) is 4.61. The molecule has 0 aromatic heterocycles. The van der Waals surface area contributed by atoms with Gasteiger partial charge in [-0.1, -0.05) is 35.2 Å². The lowest BCUT2D eigenvalue weighted by Crippen LogP contribution is -2.38. The molecule has 0 radical (unpaired) electrons. The molecule has 2 aromatic rings. The van der Waals surface area contributed by atoms with Gasteiger partial charge >= 0.3 is 0 Å². The molecule has 0 heterocycles. The number of anilines is 1. The molecule has 0 aliphatic heterocycles. The second-order valence-electron chi connectivity index (χ2n) is 6.92. The van der Waals surface area contributed by atoms with Crippen LogP contribution in [0.5, 0.6) is 0 Å². The standard InChI is InChI=1S/C20H22BrFN2O3S/c1-24(16-5-3-2-4-6-16)28(26,27)17-10-7-14(8-11-17)20(25)23-19-12-9-15(21)13-18(19)22/h7-13,16H,2-6H2,1H3,(H,23,25). The van der Waals surface area contributed by atoms with Crippen LogP contribution in [0.1, 0.15) is 42.5 Å². The Hall–Kier alpha value is -1.77. The minimum absolute atomic E-state index is 0.0158. The number of carbonyl (C=O) groups is 1. The van der Waals surface area contributed by atoms with Gasteiger partial charge < -0.3 is 5.32 Å². The number of sulfonamides is 1. The molecule has 0 bridgehead atoms. The van der Waals surface area contributed by atoms with Crippen LogP contribution in [0.25, 0.3) is 0 Å². The summed E-state index contributed by atoms with van der Waals surface area (Å²) < 4.78 is 41.6. The smallest absolute Gasteiger partial charge is 0.255 e. The van der Waals surface area contributed by atoms with Gasteiger partial charge in [-0.05, 0) is 55.3 Å². The number of nitrogens with zero attached hydrogens (tertiary/aromatic N) is 1. The Balaban J connectivity index is 1.74. The predicted octanol–water partition coefficient (Wildman–Crippen LogP) is 4.79. The van der Waals surface area contributed by atoms with Gasteiger partial charge in [-0.3, -0.25) is 4.79 Å². The first-order valence-electron chi connectivity index (χ1n) is 9.13. The summed E-state index contributed by atoms with van der Waals surface area (Å²) in [6, 6.07) is 10.1. The molecule has 5 nitrogen and oxygen atoms in total. The Morgan fingerprint density at radius 1 is 1.11 bits per heavy atom. The van der Waals surface area contributed by atoms with Crippen molar-refractivity contribution >= 4 is 37.5 Å². The average Bonchev–Trinajstić information content (AvgIpc) is 2.70. The first kappa shape index (κ1) is 21.0. The highest BCUT2D eigenvalue weighted by Gasteiger charge is 2.29. The minimum atomic E-state index is -3.62. The fourth-order valence-corrected chi connectivity index (χ4v) is 5.12. The lowest BCUT2D eigenvalue weighted by atomic mass is 9.96. The van der Waals surface area contributed by atoms with Crippen LogP contribution in [-0.4, -0.2) is 31.7 Å². The maximum absolute atomic E-state index is 13.9. The molecule has 1 aliphatic carbocycles. The number of hydrogen-bond acceptors (Lipinski definition) is 3. The summed E-state index contributed by atoms with van der Waals surface area (Å²) >= 11 is 3.16. The largest absolute Gasteiger partial charge is 0.319 e. The van der Waals surface area contributed by atoms with Crippen molar-refractivity contribution in [3.63, 3.8) is 0 Å². The SMILES string of the molecule is CN(C1CCCCC1)S(=O)(=O)c1ccc(C(=O)Nc2ccc(Br)cc2F)cc1. The first-order chi connectivity index (χ1) is 13.3. The summed E-state index contributed by atoms with van der Waals surface area (Å²) in [7, 11) is -2.00. The zero-order valence-corrected chi connectivity index (χ0v) is 17.9. The highest BCUT2D eigenvalue weighted by Crippen LogP contribution is 2.27. The molecule has 0 spiro atoms. The molecule has 8 heteroatoms. The van der Waals surface area contributed by atoms with Crippen molar-refractivity contribution in [1.82, 2.24) is 4.31 Å². The van der Waals surface area contributed by atoms with Crippen LogP contribution in [0.4, 0.5) is 10.1 Å². The fraction of sp³-hybridized carbons (Fsp3) is 0.350. The topological polar surface area (TPSA) is 66.5 Å². The van der Waals surface area contributed by atoms with E-state index in [2.05, 4.69) is 21.2 Å². The normalized spacial score (nSPS) is 15.6. The van der Waals surface area contributed by atoms with E-state index < -0.39 is 21.7 Å². The Labute approximate surface area is 173 Å². The maximum Gasteiger partial charge on any atom is 0.255 e. The summed E-state index contributed by atoms with van der Waals surface area (Å²) in [5.74, 6) is -1.07. The lowest BCUT2D eigenvalue weighted by Gasteiger charge is -2.30. The monoisotopic (exact) mass is 468 g/mol. The van der Waals surface area contributed by atoms with E-state index in [1.807, 2.05) is 0 Å². The van der Waals surface area contributed by atoms with Crippen LogP contribution in [-0.2, 0) is 10.0 Å². The van der Waals surface area contributed by atoms with Crippen LogP contribution in [0.3, 0.4) is 0 Å². The van der Waals surface area contributed by atoms with E-state index in [-0.39, 0.29) is 22.2 Å². The molecule has 0 atom stereocenters. The molecular formula is C20H22BrFN2O3S. The van der Waals surface area contributed by atoms with Gasteiger partial charge in [0.15, 0.2) is 0 Å². The van der Waals surface area contributed by atoms with Gasteiger partial charge in [-0.2, -0.15) is 4.31 Å². The van der Waals surface area contributed by atoms with Gasteiger partial charge in [0.1, 0.15) is 5.82 Å². The number of carbonyl (C=O) groups excluding carboxylic acids is 1. The number of amides is 1. The van der Waals surface area contributed by atoms with E-state index in [0.29, 0.717) is 4.47 Å².